The van der Waals surface area contributed by atoms with E-state index in [1.54, 1.807) is 0 Å². The van der Waals surface area contributed by atoms with Crippen molar-refractivity contribution in [3.05, 3.63) is 0 Å². The molecule has 7 heteroatoms. The minimum atomic E-state index is -3.62. The van der Waals surface area contributed by atoms with Crippen molar-refractivity contribution in [2.75, 3.05) is 20.3 Å². The normalized spacial score (nSPS) is 19.3. The number of nitriles is 1. The minimum absolute atomic E-state index is 0.128. The molecule has 0 bridgehead atoms. The molecular formula is C11H21N3O3S. The third-order valence-electron chi connectivity index (χ3n) is 3.14. The van der Waals surface area contributed by atoms with Gasteiger partial charge in [0.15, 0.2) is 0 Å². The fraction of sp³-hybridized carbons (Fsp3) is 0.909. The molecule has 0 radical (unpaired) electrons. The van der Waals surface area contributed by atoms with Crippen LogP contribution in [0.5, 0.6) is 0 Å². The Labute approximate surface area is 109 Å². The van der Waals surface area contributed by atoms with E-state index < -0.39 is 16.3 Å². The maximum atomic E-state index is 11.7. The van der Waals surface area contributed by atoms with Gasteiger partial charge < -0.3 is 4.74 Å². The molecule has 1 fully saturated rings. The Bertz CT molecular complexity index is 371. The zero-order valence-electron chi connectivity index (χ0n) is 10.7. The first kappa shape index (κ1) is 15.4. The van der Waals surface area contributed by atoms with Crippen LogP contribution in [0.2, 0.25) is 0 Å². The highest BCUT2D eigenvalue weighted by Crippen LogP contribution is 2.26. The monoisotopic (exact) mass is 275 g/mol. The second-order valence-corrected chi connectivity index (χ2v) is 6.04. The zero-order chi connectivity index (χ0) is 13.4. The zero-order valence-corrected chi connectivity index (χ0v) is 11.5. The summed E-state index contributed by atoms with van der Waals surface area (Å²) in [7, 11) is -2.12. The lowest BCUT2D eigenvalue weighted by molar-refractivity contribution is 0.204. The quantitative estimate of drug-likeness (QED) is 0.663. The van der Waals surface area contributed by atoms with Gasteiger partial charge in [0.1, 0.15) is 6.04 Å². The average Bonchev–Trinajstić information content (AvgIpc) is 2.37. The van der Waals surface area contributed by atoms with Gasteiger partial charge in [-0.25, -0.2) is 0 Å². The Morgan fingerprint density at radius 1 is 1.39 bits per heavy atom. The van der Waals surface area contributed by atoms with Crippen LogP contribution < -0.4 is 9.44 Å². The summed E-state index contributed by atoms with van der Waals surface area (Å²) in [6, 6.07) is 1.42. The van der Waals surface area contributed by atoms with Crippen molar-refractivity contribution < 1.29 is 13.2 Å². The van der Waals surface area contributed by atoms with Gasteiger partial charge in [-0.1, -0.05) is 19.3 Å². The highest BCUT2D eigenvalue weighted by Gasteiger charge is 2.27. The van der Waals surface area contributed by atoms with Crippen LogP contribution in [0.4, 0.5) is 0 Å². The molecule has 0 saturated heterocycles. The van der Waals surface area contributed by atoms with E-state index in [0.29, 0.717) is 6.61 Å². The number of nitrogens with one attached hydrogen (secondary N) is 2. The Morgan fingerprint density at radius 2 is 2.06 bits per heavy atom. The fourth-order valence-corrected chi connectivity index (χ4v) is 3.20. The first-order chi connectivity index (χ1) is 8.59. The van der Waals surface area contributed by atoms with Crippen molar-refractivity contribution in [3.63, 3.8) is 0 Å². The molecule has 1 saturated carbocycles. The van der Waals surface area contributed by atoms with Gasteiger partial charge in [-0.15, -0.1) is 0 Å². The summed E-state index contributed by atoms with van der Waals surface area (Å²) in [5.41, 5.74) is 0. The van der Waals surface area contributed by atoms with Gasteiger partial charge in [-0.05, 0) is 18.8 Å². The largest absolute Gasteiger partial charge is 0.383 e. The third kappa shape index (κ3) is 5.31. The van der Waals surface area contributed by atoms with Gasteiger partial charge in [0, 0.05) is 13.7 Å². The molecule has 1 aliphatic rings. The van der Waals surface area contributed by atoms with Crippen molar-refractivity contribution in [1.82, 2.24) is 9.44 Å². The van der Waals surface area contributed by atoms with Crippen LogP contribution in [-0.4, -0.2) is 34.7 Å². The SMILES string of the molecule is COCCNS(=O)(=O)NC(C#N)C1CCCCC1. The van der Waals surface area contributed by atoms with E-state index in [2.05, 4.69) is 15.5 Å². The summed E-state index contributed by atoms with van der Waals surface area (Å²) in [5.74, 6) is 0.128. The van der Waals surface area contributed by atoms with Crippen molar-refractivity contribution >= 4 is 10.2 Å². The van der Waals surface area contributed by atoms with Crippen LogP contribution in [0, 0.1) is 17.2 Å². The molecule has 1 unspecified atom stereocenters. The predicted molar refractivity (Wildman–Crippen MR) is 67.9 cm³/mol. The minimum Gasteiger partial charge on any atom is -0.383 e. The summed E-state index contributed by atoms with van der Waals surface area (Å²) in [4.78, 5) is 0. The first-order valence-corrected chi connectivity index (χ1v) is 7.73. The molecular weight excluding hydrogens is 254 g/mol. The summed E-state index contributed by atoms with van der Waals surface area (Å²) in [5, 5.41) is 9.08. The maximum Gasteiger partial charge on any atom is 0.278 e. The van der Waals surface area contributed by atoms with Crippen molar-refractivity contribution in [1.29, 1.82) is 5.26 Å². The highest BCUT2D eigenvalue weighted by atomic mass is 32.2. The second-order valence-electron chi connectivity index (χ2n) is 4.51. The molecule has 0 aromatic carbocycles. The summed E-state index contributed by atoms with van der Waals surface area (Å²) < 4.78 is 32.9. The molecule has 2 N–H and O–H groups in total. The molecule has 0 amide bonds. The molecule has 1 atom stereocenters. The molecule has 18 heavy (non-hydrogen) atoms. The van der Waals surface area contributed by atoms with Gasteiger partial charge in [-0.3, -0.25) is 0 Å². The molecule has 0 aromatic rings. The summed E-state index contributed by atoms with van der Waals surface area (Å²) >= 11 is 0. The van der Waals surface area contributed by atoms with E-state index in [-0.39, 0.29) is 12.5 Å². The second kappa shape index (κ2) is 7.69. The molecule has 0 aliphatic heterocycles. The molecule has 1 rings (SSSR count). The summed E-state index contributed by atoms with van der Waals surface area (Å²) in [6.07, 6.45) is 5.15. The maximum absolute atomic E-state index is 11.7. The molecule has 104 valence electrons. The Balaban J connectivity index is 2.48. The highest BCUT2D eigenvalue weighted by molar-refractivity contribution is 7.87. The average molecular weight is 275 g/mol. The van der Waals surface area contributed by atoms with Crippen molar-refractivity contribution in [2.24, 2.45) is 5.92 Å². The van der Waals surface area contributed by atoms with Crippen LogP contribution in [0.1, 0.15) is 32.1 Å². The lowest BCUT2D eigenvalue weighted by Gasteiger charge is -2.26. The van der Waals surface area contributed by atoms with Crippen LogP contribution in [-0.2, 0) is 14.9 Å². The predicted octanol–water partition coefficient (Wildman–Crippen LogP) is 0.529. The Kier molecular flexibility index (Phi) is 6.57. The van der Waals surface area contributed by atoms with Crippen molar-refractivity contribution in [2.45, 2.75) is 38.1 Å². The number of hydrogen-bond donors (Lipinski definition) is 2. The van der Waals surface area contributed by atoms with Gasteiger partial charge in [0.05, 0.1) is 12.7 Å². The first-order valence-electron chi connectivity index (χ1n) is 6.24. The standard InChI is InChI=1S/C11H21N3O3S/c1-17-8-7-13-18(15,16)14-11(9-12)10-5-3-2-4-6-10/h10-11,13-14H,2-8H2,1H3. The van der Waals surface area contributed by atoms with E-state index in [0.717, 1.165) is 25.7 Å². The van der Waals surface area contributed by atoms with Gasteiger partial charge in [0.2, 0.25) is 0 Å². The lowest BCUT2D eigenvalue weighted by atomic mass is 9.85. The van der Waals surface area contributed by atoms with E-state index in [1.165, 1.54) is 13.5 Å². The Hall–Kier alpha value is -0.680. The summed E-state index contributed by atoms with van der Waals surface area (Å²) in [6.45, 7) is 0.510. The van der Waals surface area contributed by atoms with Crippen LogP contribution in [0.15, 0.2) is 0 Å². The van der Waals surface area contributed by atoms with Gasteiger partial charge in [0.25, 0.3) is 10.2 Å². The van der Waals surface area contributed by atoms with Crippen LogP contribution in [0.3, 0.4) is 0 Å². The number of nitrogens with zero attached hydrogens (tertiary/aromatic N) is 1. The number of rotatable bonds is 7. The molecule has 1 aliphatic carbocycles. The molecule has 6 nitrogen and oxygen atoms in total. The van der Waals surface area contributed by atoms with Gasteiger partial charge >= 0.3 is 0 Å². The molecule has 0 aromatic heterocycles. The number of ether oxygens (including phenoxy) is 1. The van der Waals surface area contributed by atoms with Crippen molar-refractivity contribution in [3.8, 4) is 6.07 Å². The van der Waals surface area contributed by atoms with Gasteiger partial charge in [-0.2, -0.15) is 23.1 Å². The lowest BCUT2D eigenvalue weighted by Crippen LogP contribution is -2.46. The van der Waals surface area contributed by atoms with E-state index in [9.17, 15) is 8.42 Å². The molecule has 0 spiro atoms. The molecule has 0 heterocycles. The number of methoxy groups -OCH3 is 1. The van der Waals surface area contributed by atoms with E-state index in [4.69, 9.17) is 10.00 Å². The Morgan fingerprint density at radius 3 is 2.61 bits per heavy atom. The van der Waals surface area contributed by atoms with Crippen LogP contribution >= 0.6 is 0 Å². The van der Waals surface area contributed by atoms with Crippen LogP contribution in [0.25, 0.3) is 0 Å². The third-order valence-corrected chi connectivity index (χ3v) is 4.29. The smallest absolute Gasteiger partial charge is 0.278 e. The van der Waals surface area contributed by atoms with E-state index in [1.807, 2.05) is 0 Å². The fourth-order valence-electron chi connectivity index (χ4n) is 2.18. The topological polar surface area (TPSA) is 91.2 Å². The van der Waals surface area contributed by atoms with E-state index >= 15 is 0 Å². The number of hydrogen-bond acceptors (Lipinski definition) is 4.